The van der Waals surface area contributed by atoms with Crippen molar-refractivity contribution in [3.63, 3.8) is 0 Å². The lowest BCUT2D eigenvalue weighted by Crippen LogP contribution is -2.27. The van der Waals surface area contributed by atoms with E-state index in [-0.39, 0.29) is 16.8 Å². The normalized spacial score (nSPS) is 34.7. The lowest BCUT2D eigenvalue weighted by molar-refractivity contribution is -0.118. The second kappa shape index (κ2) is 2.88. The van der Waals surface area contributed by atoms with Crippen LogP contribution in [0.4, 0.5) is 0 Å². The van der Waals surface area contributed by atoms with Crippen LogP contribution < -0.4 is 5.32 Å². The van der Waals surface area contributed by atoms with Crippen molar-refractivity contribution in [2.24, 2.45) is 0 Å². The van der Waals surface area contributed by atoms with Gasteiger partial charge in [-0.1, -0.05) is 15.9 Å². The fourth-order valence-electron chi connectivity index (χ4n) is 0.809. The van der Waals surface area contributed by atoms with Gasteiger partial charge in [-0.2, -0.15) is 0 Å². The molecule has 0 spiro atoms. The van der Waals surface area contributed by atoms with E-state index in [1.54, 1.807) is 0 Å². The molecule has 0 aromatic rings. The topological polar surface area (TPSA) is 29.1 Å². The monoisotopic (exact) mass is 211 g/mol. The van der Waals surface area contributed by atoms with Crippen LogP contribution in [-0.2, 0) is 4.79 Å². The quantitative estimate of drug-likeness (QED) is 0.642. The summed E-state index contributed by atoms with van der Waals surface area (Å²) < 4.78 is 0. The van der Waals surface area contributed by atoms with Crippen molar-refractivity contribution in [1.82, 2.24) is 5.32 Å². The first-order valence-corrected chi connectivity index (χ1v) is 4.19. The maximum absolute atomic E-state index is 10.7. The molecule has 2 atom stereocenters. The molecule has 9 heavy (non-hydrogen) atoms. The average Bonchev–Trinajstić information content (AvgIpc) is 2.13. The minimum Gasteiger partial charge on any atom is -0.351 e. The fourth-order valence-corrected chi connectivity index (χ4v) is 1.60. The highest BCUT2D eigenvalue weighted by molar-refractivity contribution is 9.10. The Labute approximate surface area is 67.1 Å². The van der Waals surface area contributed by atoms with Crippen LogP contribution in [0.25, 0.3) is 0 Å². The van der Waals surface area contributed by atoms with Crippen LogP contribution in [0.5, 0.6) is 0 Å². The van der Waals surface area contributed by atoms with E-state index < -0.39 is 0 Å². The summed E-state index contributed by atoms with van der Waals surface area (Å²) in [6.45, 7) is 0. The van der Waals surface area contributed by atoms with Gasteiger partial charge in [-0.25, -0.2) is 0 Å². The van der Waals surface area contributed by atoms with Crippen molar-refractivity contribution >= 4 is 33.4 Å². The molecule has 1 rings (SSSR count). The Morgan fingerprint density at radius 3 is 2.78 bits per heavy atom. The van der Waals surface area contributed by atoms with Gasteiger partial charge in [0.15, 0.2) is 0 Å². The van der Waals surface area contributed by atoms with Gasteiger partial charge < -0.3 is 5.32 Å². The number of hydrogen-bond donors (Lipinski definition) is 1. The largest absolute Gasteiger partial charge is 0.351 e. The van der Waals surface area contributed by atoms with E-state index in [0.29, 0.717) is 5.88 Å². The molecule has 1 amide bonds. The number of amides is 1. The Kier molecular flexibility index (Phi) is 2.35. The Bertz CT molecular complexity index is 130. The molecule has 1 saturated heterocycles. The summed E-state index contributed by atoms with van der Waals surface area (Å²) in [6.07, 6.45) is 0.808. The molecule has 0 aromatic carbocycles. The van der Waals surface area contributed by atoms with Crippen LogP contribution in [-0.4, -0.2) is 22.7 Å². The number of halogens is 2. The van der Waals surface area contributed by atoms with Crippen molar-refractivity contribution < 1.29 is 4.79 Å². The van der Waals surface area contributed by atoms with Gasteiger partial charge in [0, 0.05) is 11.9 Å². The summed E-state index contributed by atoms with van der Waals surface area (Å²) in [6, 6.07) is 0.170. The molecule has 1 heterocycles. The highest BCUT2D eigenvalue weighted by Gasteiger charge is 2.28. The zero-order valence-corrected chi connectivity index (χ0v) is 7.08. The molecule has 0 aliphatic carbocycles. The van der Waals surface area contributed by atoms with Crippen molar-refractivity contribution in [2.45, 2.75) is 17.3 Å². The summed E-state index contributed by atoms with van der Waals surface area (Å²) in [5, 5.41) is 2.74. The predicted molar refractivity (Wildman–Crippen MR) is 40.0 cm³/mol. The van der Waals surface area contributed by atoms with Crippen molar-refractivity contribution in [3.8, 4) is 0 Å². The third kappa shape index (κ3) is 1.58. The molecule has 0 radical (unpaired) electrons. The Morgan fingerprint density at radius 1 is 1.89 bits per heavy atom. The molecule has 1 N–H and O–H groups in total. The van der Waals surface area contributed by atoms with E-state index in [1.165, 1.54) is 0 Å². The first kappa shape index (κ1) is 7.35. The van der Waals surface area contributed by atoms with Crippen LogP contribution in [0, 0.1) is 0 Å². The van der Waals surface area contributed by atoms with Gasteiger partial charge >= 0.3 is 0 Å². The molecule has 1 fully saturated rings. The van der Waals surface area contributed by atoms with Gasteiger partial charge in [-0.3, -0.25) is 4.79 Å². The molecule has 4 heteroatoms. The molecule has 0 bridgehead atoms. The zero-order valence-electron chi connectivity index (χ0n) is 4.73. The molecular weight excluding hydrogens is 205 g/mol. The van der Waals surface area contributed by atoms with Gasteiger partial charge in [-0.15, -0.1) is 11.6 Å². The molecule has 2 unspecified atom stereocenters. The van der Waals surface area contributed by atoms with Crippen LogP contribution >= 0.6 is 27.5 Å². The molecule has 52 valence electrons. The molecule has 0 saturated carbocycles. The summed E-state index contributed by atoms with van der Waals surface area (Å²) >= 11 is 8.72. The first-order chi connectivity index (χ1) is 4.24. The number of carbonyl (C=O) groups excluding carboxylic acids is 1. The number of alkyl halides is 2. The van der Waals surface area contributed by atoms with Crippen molar-refractivity contribution in [3.05, 3.63) is 0 Å². The Balaban J connectivity index is 2.44. The van der Waals surface area contributed by atoms with Gasteiger partial charge in [-0.05, 0) is 6.42 Å². The Hall–Kier alpha value is 0.240. The van der Waals surface area contributed by atoms with E-state index >= 15 is 0 Å². The standard InChI is InChI=1S/C5H7BrClNO/c6-4-1-3(2-7)8-5(4)9/h3-4H,1-2H2,(H,8,9). The average molecular weight is 212 g/mol. The van der Waals surface area contributed by atoms with E-state index in [9.17, 15) is 4.79 Å². The Morgan fingerprint density at radius 2 is 2.56 bits per heavy atom. The summed E-state index contributed by atoms with van der Waals surface area (Å²) in [5.41, 5.74) is 0. The van der Waals surface area contributed by atoms with Crippen LogP contribution in [0.3, 0.4) is 0 Å². The third-order valence-corrected chi connectivity index (χ3v) is 2.47. The van der Waals surface area contributed by atoms with E-state index in [1.807, 2.05) is 0 Å². The van der Waals surface area contributed by atoms with Crippen LogP contribution in [0.1, 0.15) is 6.42 Å². The highest BCUT2D eigenvalue weighted by atomic mass is 79.9. The van der Waals surface area contributed by atoms with Crippen molar-refractivity contribution in [1.29, 1.82) is 0 Å². The summed E-state index contributed by atoms with van der Waals surface area (Å²) in [4.78, 5) is 10.7. The molecule has 1 aliphatic heterocycles. The minimum absolute atomic E-state index is 0.0266. The second-order valence-corrected chi connectivity index (χ2v) is 3.48. The lowest BCUT2D eigenvalue weighted by atomic mass is 10.2. The number of nitrogens with one attached hydrogen (secondary N) is 1. The third-order valence-electron chi connectivity index (χ3n) is 1.31. The highest BCUT2D eigenvalue weighted by Crippen LogP contribution is 2.16. The van der Waals surface area contributed by atoms with Gasteiger partial charge in [0.2, 0.25) is 5.91 Å². The number of rotatable bonds is 1. The predicted octanol–water partition coefficient (Wildman–Crippen LogP) is 0.877. The smallest absolute Gasteiger partial charge is 0.234 e. The minimum atomic E-state index is -0.0266. The van der Waals surface area contributed by atoms with Gasteiger partial charge in [0.05, 0.1) is 4.83 Å². The van der Waals surface area contributed by atoms with Gasteiger partial charge in [0.25, 0.3) is 0 Å². The molecule has 0 aromatic heterocycles. The summed E-state index contributed by atoms with van der Waals surface area (Å²) in [7, 11) is 0. The number of hydrogen-bond acceptors (Lipinski definition) is 1. The van der Waals surface area contributed by atoms with E-state index in [2.05, 4.69) is 21.2 Å². The van der Waals surface area contributed by atoms with Crippen LogP contribution in [0.2, 0.25) is 0 Å². The molecule has 2 nitrogen and oxygen atoms in total. The summed E-state index contributed by atoms with van der Waals surface area (Å²) in [5.74, 6) is 0.564. The maximum Gasteiger partial charge on any atom is 0.234 e. The van der Waals surface area contributed by atoms with E-state index in [0.717, 1.165) is 6.42 Å². The maximum atomic E-state index is 10.7. The van der Waals surface area contributed by atoms with Crippen molar-refractivity contribution in [2.75, 3.05) is 5.88 Å². The van der Waals surface area contributed by atoms with Gasteiger partial charge in [0.1, 0.15) is 0 Å². The number of carbonyl (C=O) groups is 1. The first-order valence-electron chi connectivity index (χ1n) is 2.74. The fraction of sp³-hybridized carbons (Fsp3) is 0.800. The zero-order chi connectivity index (χ0) is 6.85. The lowest BCUT2D eigenvalue weighted by Gasteiger charge is -2.00. The van der Waals surface area contributed by atoms with E-state index in [4.69, 9.17) is 11.6 Å². The molecular formula is C5H7BrClNO. The molecule has 1 aliphatic rings. The SMILES string of the molecule is O=C1NC(CCl)CC1Br. The second-order valence-electron chi connectivity index (χ2n) is 2.06. The van der Waals surface area contributed by atoms with Crippen LogP contribution in [0.15, 0.2) is 0 Å².